The molecule has 1 saturated heterocycles. The van der Waals surface area contributed by atoms with Crippen molar-refractivity contribution in [2.75, 3.05) is 0 Å². The summed E-state index contributed by atoms with van der Waals surface area (Å²) in [7, 11) is 0. The van der Waals surface area contributed by atoms with Crippen molar-refractivity contribution in [1.29, 1.82) is 0 Å². The molecule has 0 bridgehead atoms. The predicted octanol–water partition coefficient (Wildman–Crippen LogP) is 10.0. The number of hydrogen-bond acceptors (Lipinski definition) is 0. The molecular formula is C36H32Hf. The van der Waals surface area contributed by atoms with Crippen LogP contribution in [-0.4, -0.2) is 0 Å². The topological polar surface area (TPSA) is 0 Å². The monoisotopic (exact) mass is 644 g/mol. The fourth-order valence-corrected chi connectivity index (χ4v) is 25.5. The summed E-state index contributed by atoms with van der Waals surface area (Å²) >= 11 is -2.95. The van der Waals surface area contributed by atoms with E-state index in [2.05, 4.69) is 119 Å². The molecular weight excluding hydrogens is 611 g/mol. The van der Waals surface area contributed by atoms with E-state index in [0.29, 0.717) is 7.35 Å². The van der Waals surface area contributed by atoms with Crippen LogP contribution in [0.3, 0.4) is 0 Å². The molecule has 8 rings (SSSR count). The Morgan fingerprint density at radius 3 is 1.43 bits per heavy atom. The molecule has 2 unspecified atom stereocenters. The first-order valence-corrected chi connectivity index (χ1v) is 25.2. The summed E-state index contributed by atoms with van der Waals surface area (Å²) in [5.74, 6) is 0. The molecule has 0 amide bonds. The summed E-state index contributed by atoms with van der Waals surface area (Å²) < 4.78 is 6.90. The van der Waals surface area contributed by atoms with Crippen LogP contribution in [0.2, 0.25) is 9.36 Å². The minimum absolute atomic E-state index is 0.269. The molecule has 1 saturated carbocycles. The molecule has 0 nitrogen and oxygen atoms in total. The molecule has 4 aromatic carbocycles. The average Bonchev–Trinajstić information content (AvgIpc) is 3.49. The molecule has 2 fully saturated rings. The molecule has 2 atom stereocenters. The van der Waals surface area contributed by atoms with Crippen LogP contribution >= 0.6 is 0 Å². The molecule has 4 aromatic rings. The Balaban J connectivity index is 1.36. The summed E-state index contributed by atoms with van der Waals surface area (Å²) in [5.41, 5.74) is 15.7. The van der Waals surface area contributed by atoms with Gasteiger partial charge >= 0.3 is 226 Å². The number of fused-ring (bicyclic) bond motifs is 8. The first-order chi connectivity index (χ1) is 18.1. The van der Waals surface area contributed by atoms with Gasteiger partial charge < -0.3 is 0 Å². The van der Waals surface area contributed by atoms with Gasteiger partial charge in [0.25, 0.3) is 0 Å². The maximum atomic E-state index is 2.77. The van der Waals surface area contributed by atoms with Crippen LogP contribution in [0.15, 0.2) is 108 Å². The van der Waals surface area contributed by atoms with E-state index in [0.717, 1.165) is 0 Å². The summed E-state index contributed by atoms with van der Waals surface area (Å²) in [4.78, 5) is 0. The molecule has 1 aliphatic heterocycles. The summed E-state index contributed by atoms with van der Waals surface area (Å²) in [6.45, 7) is 0. The molecule has 37 heavy (non-hydrogen) atoms. The molecule has 0 radical (unpaired) electrons. The molecule has 180 valence electrons. The second kappa shape index (κ2) is 7.87. The van der Waals surface area contributed by atoms with Gasteiger partial charge in [-0.05, 0) is 0 Å². The zero-order chi connectivity index (χ0) is 24.8. The van der Waals surface area contributed by atoms with Crippen LogP contribution in [0.4, 0.5) is 0 Å². The van der Waals surface area contributed by atoms with E-state index in [1.54, 1.807) is 22.3 Å². The van der Waals surface area contributed by atoms with Crippen LogP contribution in [0.25, 0.3) is 34.4 Å². The van der Waals surface area contributed by atoms with Gasteiger partial charge in [0.05, 0.1) is 0 Å². The second-order valence-electron chi connectivity index (χ2n) is 12.2. The Kier molecular flexibility index (Phi) is 4.73. The first-order valence-electron chi connectivity index (χ1n) is 13.9. The summed E-state index contributed by atoms with van der Waals surface area (Å²) in [6, 6.07) is 36.4. The van der Waals surface area contributed by atoms with E-state index in [-0.39, 0.29) is 5.41 Å². The number of hydrogen-bond donors (Lipinski definition) is 0. The van der Waals surface area contributed by atoms with E-state index >= 15 is 0 Å². The molecule has 1 heteroatoms. The van der Waals surface area contributed by atoms with Gasteiger partial charge in [-0.1, -0.05) is 0 Å². The Morgan fingerprint density at radius 2 is 1.03 bits per heavy atom. The Morgan fingerprint density at radius 1 is 0.568 bits per heavy atom. The Bertz CT molecular complexity index is 1500. The van der Waals surface area contributed by atoms with Crippen LogP contribution in [0.1, 0.15) is 48.9 Å². The quantitative estimate of drug-likeness (QED) is 0.191. The van der Waals surface area contributed by atoms with E-state index in [9.17, 15) is 0 Å². The van der Waals surface area contributed by atoms with Gasteiger partial charge in [0.1, 0.15) is 0 Å². The van der Waals surface area contributed by atoms with Crippen molar-refractivity contribution < 1.29 is 20.0 Å². The van der Waals surface area contributed by atoms with Crippen molar-refractivity contribution in [2.24, 2.45) is 5.41 Å². The van der Waals surface area contributed by atoms with Crippen molar-refractivity contribution in [2.45, 2.75) is 36.0 Å². The minimum atomic E-state index is -2.95. The van der Waals surface area contributed by atoms with E-state index in [1.165, 1.54) is 52.6 Å². The van der Waals surface area contributed by atoms with Gasteiger partial charge in [-0.15, -0.1) is 0 Å². The average molecular weight is 643 g/mol. The molecule has 1 spiro atoms. The van der Waals surface area contributed by atoms with Gasteiger partial charge in [-0.25, -0.2) is 0 Å². The fraction of sp³-hybridized carbons (Fsp3) is 0.222. The van der Waals surface area contributed by atoms with Crippen molar-refractivity contribution in [3.05, 3.63) is 130 Å². The van der Waals surface area contributed by atoms with Crippen molar-refractivity contribution in [3.8, 4) is 22.3 Å². The summed E-state index contributed by atoms with van der Waals surface area (Å²) in [5, 5.41) is 0. The molecule has 4 aliphatic rings. The van der Waals surface area contributed by atoms with Gasteiger partial charge in [0.2, 0.25) is 0 Å². The second-order valence-corrected chi connectivity index (χ2v) is 29.4. The number of rotatable bonds is 2. The van der Waals surface area contributed by atoms with Crippen molar-refractivity contribution in [3.63, 3.8) is 0 Å². The Labute approximate surface area is 225 Å². The normalized spacial score (nSPS) is 23.3. The molecule has 0 N–H and O–H groups in total. The Hall–Kier alpha value is -2.77. The third kappa shape index (κ3) is 2.93. The van der Waals surface area contributed by atoms with E-state index in [4.69, 9.17) is 0 Å². The fourth-order valence-electron chi connectivity index (χ4n) is 8.42. The molecule has 0 aromatic heterocycles. The van der Waals surface area contributed by atoms with Crippen molar-refractivity contribution >= 4 is 12.2 Å². The van der Waals surface area contributed by atoms with Crippen LogP contribution < -0.4 is 0 Å². The van der Waals surface area contributed by atoms with Crippen molar-refractivity contribution in [1.82, 2.24) is 0 Å². The third-order valence-corrected chi connectivity index (χ3v) is 25.3. The van der Waals surface area contributed by atoms with Gasteiger partial charge in [-0.3, -0.25) is 0 Å². The van der Waals surface area contributed by atoms with Crippen LogP contribution in [-0.2, 0) is 20.0 Å². The first kappa shape index (κ1) is 22.2. The van der Waals surface area contributed by atoms with E-state index < -0.39 is 20.0 Å². The number of allylic oxidation sites excluding steroid dienone is 2. The SMILES string of the molecule is [CH3][Hf]1([CH3])[CH]2C(=Cc3c(-c4ccccc4)cccc32)C2(CCC2)C2=Cc3c(-c4ccccc4)cccc3[CH]21. The zero-order valence-electron chi connectivity index (χ0n) is 21.7. The molecule has 1 heterocycles. The van der Waals surface area contributed by atoms with E-state index in [1.807, 2.05) is 0 Å². The standard InChI is InChI=1S/C34H26.2CH3.Hf/c1-3-10-24(11-4-1)30-16-7-14-26-20-28(22-32(26)30)34(18-9-19-34)29-21-27-15-8-17-31(33(27)23-29)25-12-5-2-6-13-25;;;/h1-8,10-17,20-23H,9,18-19H2;2*1H3;. The zero-order valence-corrected chi connectivity index (χ0v) is 25.3. The predicted molar refractivity (Wildman–Crippen MR) is 153 cm³/mol. The van der Waals surface area contributed by atoms with Crippen LogP contribution in [0.5, 0.6) is 0 Å². The maximum absolute atomic E-state index is 2.95. The number of benzene rings is 4. The van der Waals surface area contributed by atoms with Crippen LogP contribution in [0, 0.1) is 5.41 Å². The summed E-state index contributed by atoms with van der Waals surface area (Å²) in [6.07, 6.45) is 9.37. The third-order valence-electron chi connectivity index (χ3n) is 10.1. The van der Waals surface area contributed by atoms with Gasteiger partial charge in [0.15, 0.2) is 0 Å². The van der Waals surface area contributed by atoms with Gasteiger partial charge in [0, 0.05) is 0 Å². The molecule has 3 aliphatic carbocycles. The van der Waals surface area contributed by atoms with Gasteiger partial charge in [-0.2, -0.15) is 0 Å².